The molecular weight excluding hydrogens is 176 g/mol. The van der Waals surface area contributed by atoms with Gasteiger partial charge in [0.2, 0.25) is 0 Å². The molecule has 4 rings (SSSR count). The molecule has 5 atom stereocenters. The van der Waals surface area contributed by atoms with Gasteiger partial charge in [0.1, 0.15) is 0 Å². The van der Waals surface area contributed by atoms with E-state index in [9.17, 15) is 0 Å². The van der Waals surface area contributed by atoms with Crippen molar-refractivity contribution in [2.75, 3.05) is 0 Å². The van der Waals surface area contributed by atoms with Crippen molar-refractivity contribution in [3.63, 3.8) is 0 Å². The molecule has 3 fully saturated rings. The Morgan fingerprint density at radius 2 is 2.08 bits per heavy atom. The largest absolute Gasteiger partial charge is 0.410 e. The van der Waals surface area contributed by atoms with Crippen molar-refractivity contribution in [1.29, 1.82) is 0 Å². The van der Waals surface area contributed by atoms with Crippen LogP contribution in [0.5, 0.6) is 0 Å². The van der Waals surface area contributed by atoms with Crippen LogP contribution < -0.4 is 0 Å². The van der Waals surface area contributed by atoms with Crippen LogP contribution in [0, 0.1) is 23.7 Å². The molecule has 1 spiro atoms. The maximum Gasteiger partial charge on any atom is 0.187 e. The van der Waals surface area contributed by atoms with E-state index in [-0.39, 0.29) is 0 Å². The first-order valence-electron chi connectivity index (χ1n) is 5.52. The second-order valence-corrected chi connectivity index (χ2v) is 10.1. The lowest BCUT2D eigenvalue weighted by atomic mass is 9.93. The van der Waals surface area contributed by atoms with Crippen LogP contribution in [0.1, 0.15) is 6.42 Å². The number of rotatable bonds is 0. The zero-order valence-corrected chi connectivity index (χ0v) is 9.29. The van der Waals surface area contributed by atoms with E-state index in [1.54, 1.807) is 0 Å². The maximum atomic E-state index is 6.49. The Morgan fingerprint density at radius 1 is 1.31 bits per heavy atom. The third-order valence-corrected chi connectivity index (χ3v) is 7.16. The molecule has 0 radical (unpaired) electrons. The Morgan fingerprint density at radius 3 is 2.92 bits per heavy atom. The van der Waals surface area contributed by atoms with E-state index >= 15 is 0 Å². The van der Waals surface area contributed by atoms with Crippen molar-refractivity contribution in [3.8, 4) is 0 Å². The number of hydrogen-bond donors (Lipinski definition) is 0. The normalized spacial score (nSPS) is 63.8. The van der Waals surface area contributed by atoms with Gasteiger partial charge in [-0.2, -0.15) is 0 Å². The predicted molar refractivity (Wildman–Crippen MR) is 53.8 cm³/mol. The Balaban J connectivity index is 1.84. The van der Waals surface area contributed by atoms with Crippen molar-refractivity contribution in [2.45, 2.75) is 31.2 Å². The highest BCUT2D eigenvalue weighted by Crippen LogP contribution is 2.75. The fourth-order valence-electron chi connectivity index (χ4n) is 4.53. The summed E-state index contributed by atoms with van der Waals surface area (Å²) in [5.74, 6) is 3.58. The topological polar surface area (TPSA) is 9.23 Å². The molecular formula is C11H16OSi. The molecule has 2 bridgehead atoms. The highest BCUT2D eigenvalue weighted by molar-refractivity contribution is 6.71. The van der Waals surface area contributed by atoms with Gasteiger partial charge in [-0.1, -0.05) is 12.2 Å². The van der Waals surface area contributed by atoms with Gasteiger partial charge in [-0.3, -0.25) is 0 Å². The Labute approximate surface area is 80.3 Å². The molecule has 1 nitrogen and oxygen atoms in total. The van der Waals surface area contributed by atoms with E-state index in [0.29, 0.717) is 5.60 Å². The van der Waals surface area contributed by atoms with Gasteiger partial charge in [-0.05, 0) is 37.4 Å². The smallest absolute Gasteiger partial charge is 0.187 e. The lowest BCUT2D eigenvalue weighted by Crippen LogP contribution is -2.47. The Kier molecular flexibility index (Phi) is 0.946. The second-order valence-electron chi connectivity index (χ2n) is 5.96. The van der Waals surface area contributed by atoms with Gasteiger partial charge in [-0.25, -0.2) is 0 Å². The van der Waals surface area contributed by atoms with Gasteiger partial charge in [0.25, 0.3) is 0 Å². The van der Waals surface area contributed by atoms with Gasteiger partial charge >= 0.3 is 0 Å². The van der Waals surface area contributed by atoms with Crippen LogP contribution >= 0.6 is 0 Å². The Hall–Kier alpha value is -0.0831. The van der Waals surface area contributed by atoms with Gasteiger partial charge in [0.15, 0.2) is 8.32 Å². The molecule has 1 saturated heterocycles. The van der Waals surface area contributed by atoms with E-state index in [1.807, 2.05) is 0 Å². The summed E-state index contributed by atoms with van der Waals surface area (Å²) in [7, 11) is -1.27. The van der Waals surface area contributed by atoms with Crippen molar-refractivity contribution in [1.82, 2.24) is 0 Å². The third-order valence-electron chi connectivity index (χ3n) is 4.74. The van der Waals surface area contributed by atoms with Crippen LogP contribution in [0.4, 0.5) is 0 Å². The first kappa shape index (κ1) is 7.24. The van der Waals surface area contributed by atoms with Crippen molar-refractivity contribution in [3.05, 3.63) is 12.2 Å². The summed E-state index contributed by atoms with van der Waals surface area (Å²) in [4.78, 5) is 0. The average Bonchev–Trinajstić information content (AvgIpc) is 2.36. The van der Waals surface area contributed by atoms with Crippen LogP contribution in [0.3, 0.4) is 0 Å². The lowest BCUT2D eigenvalue weighted by molar-refractivity contribution is 0.0887. The first-order chi connectivity index (χ1) is 6.13. The molecule has 0 aromatic heterocycles. The maximum absolute atomic E-state index is 6.49. The van der Waals surface area contributed by atoms with E-state index in [4.69, 9.17) is 4.43 Å². The second kappa shape index (κ2) is 1.70. The number of fused-ring (bicyclic) bond motifs is 1. The minimum absolute atomic E-state index is 0.374. The number of hydrogen-bond acceptors (Lipinski definition) is 1. The molecule has 0 aromatic carbocycles. The summed E-state index contributed by atoms with van der Waals surface area (Å²) >= 11 is 0. The molecule has 5 unspecified atom stereocenters. The van der Waals surface area contributed by atoms with Crippen LogP contribution in [0.25, 0.3) is 0 Å². The molecule has 2 heteroatoms. The molecule has 0 amide bonds. The minimum Gasteiger partial charge on any atom is -0.410 e. The molecule has 0 N–H and O–H groups in total. The van der Waals surface area contributed by atoms with E-state index in [1.165, 1.54) is 12.5 Å². The Bertz CT molecular complexity index is 322. The molecule has 2 saturated carbocycles. The molecule has 70 valence electrons. The van der Waals surface area contributed by atoms with E-state index < -0.39 is 8.32 Å². The molecule has 1 heterocycles. The molecule has 0 aromatic rings. The fourth-order valence-corrected chi connectivity index (χ4v) is 7.68. The van der Waals surface area contributed by atoms with Crippen LogP contribution in [-0.2, 0) is 4.43 Å². The fraction of sp³-hybridized carbons (Fsp3) is 0.818. The predicted octanol–water partition coefficient (Wildman–Crippen LogP) is 2.41. The van der Waals surface area contributed by atoms with Crippen LogP contribution in [0.2, 0.25) is 19.1 Å². The zero-order valence-electron chi connectivity index (χ0n) is 8.29. The van der Waals surface area contributed by atoms with Gasteiger partial charge < -0.3 is 4.43 Å². The monoisotopic (exact) mass is 192 g/mol. The SMILES string of the molecule is C[Si]1(C)CC2CC3C4C=CC2C43O1. The lowest BCUT2D eigenvalue weighted by Gasteiger charge is -2.40. The summed E-state index contributed by atoms with van der Waals surface area (Å²) in [5, 5.41) is 0. The van der Waals surface area contributed by atoms with Gasteiger partial charge in [-0.15, -0.1) is 0 Å². The van der Waals surface area contributed by atoms with Crippen molar-refractivity contribution >= 4 is 8.32 Å². The first-order valence-corrected chi connectivity index (χ1v) is 8.63. The molecule has 4 aliphatic rings. The third kappa shape index (κ3) is 0.608. The highest BCUT2D eigenvalue weighted by Gasteiger charge is 2.78. The van der Waals surface area contributed by atoms with Crippen LogP contribution in [0.15, 0.2) is 12.2 Å². The average molecular weight is 192 g/mol. The summed E-state index contributed by atoms with van der Waals surface area (Å²) in [6.45, 7) is 4.81. The summed E-state index contributed by atoms with van der Waals surface area (Å²) in [6.07, 6.45) is 6.38. The zero-order chi connectivity index (χ0) is 8.84. The summed E-state index contributed by atoms with van der Waals surface area (Å²) in [6, 6.07) is 1.41. The minimum atomic E-state index is -1.27. The van der Waals surface area contributed by atoms with E-state index in [2.05, 4.69) is 25.2 Å². The highest BCUT2D eigenvalue weighted by atomic mass is 28.4. The van der Waals surface area contributed by atoms with Crippen molar-refractivity contribution < 1.29 is 4.43 Å². The molecule has 13 heavy (non-hydrogen) atoms. The molecule has 1 aliphatic heterocycles. The van der Waals surface area contributed by atoms with Crippen LogP contribution in [-0.4, -0.2) is 13.9 Å². The summed E-state index contributed by atoms with van der Waals surface area (Å²) in [5.41, 5.74) is 0.374. The summed E-state index contributed by atoms with van der Waals surface area (Å²) < 4.78 is 6.49. The standard InChI is InChI=1S/C11H16OSi/c1-13(2)6-7-5-10-9-4-3-8(7)11(9,10)12-13/h3-4,7-10H,5-6H2,1-2H3. The molecule has 3 aliphatic carbocycles. The van der Waals surface area contributed by atoms with Gasteiger partial charge in [0, 0.05) is 11.8 Å². The van der Waals surface area contributed by atoms with Crippen molar-refractivity contribution in [2.24, 2.45) is 23.7 Å². The van der Waals surface area contributed by atoms with Gasteiger partial charge in [0.05, 0.1) is 5.60 Å². The van der Waals surface area contributed by atoms with E-state index in [0.717, 1.165) is 23.7 Å². The quantitative estimate of drug-likeness (QED) is 0.423.